The highest BCUT2D eigenvalue weighted by Crippen LogP contribution is 2.30. The molecule has 0 fully saturated rings. The number of aromatic nitrogens is 1. The average molecular weight is 274 g/mol. The summed E-state index contributed by atoms with van der Waals surface area (Å²) in [6.07, 6.45) is 2.94. The fourth-order valence-corrected chi connectivity index (χ4v) is 1.80. The van der Waals surface area contributed by atoms with Crippen molar-refractivity contribution in [1.82, 2.24) is 4.98 Å². The van der Waals surface area contributed by atoms with Crippen LogP contribution >= 0.6 is 0 Å². The number of anilines is 1. The molecule has 1 aromatic heterocycles. The zero-order chi connectivity index (χ0) is 14.8. The Morgan fingerprint density at radius 3 is 2.65 bits per heavy atom. The number of carbonyl (C=O) groups excluding carboxylic acids is 1. The maximum atomic E-state index is 11.8. The number of amides is 1. The molecule has 0 unspecified atom stereocenters. The van der Waals surface area contributed by atoms with Gasteiger partial charge in [0.05, 0.1) is 12.8 Å². The van der Waals surface area contributed by atoms with Gasteiger partial charge in [-0.2, -0.15) is 0 Å². The molecule has 1 aromatic carbocycles. The molecule has 1 heterocycles. The number of methoxy groups -OCH3 is 1. The van der Waals surface area contributed by atoms with Gasteiger partial charge in [-0.25, -0.2) is 4.79 Å². The Morgan fingerprint density at radius 2 is 2.00 bits per heavy atom. The molecule has 0 atom stereocenters. The predicted octanol–water partition coefficient (Wildman–Crippen LogP) is 3.59. The summed E-state index contributed by atoms with van der Waals surface area (Å²) in [6.45, 7) is 5.45. The number of nitrogens with one attached hydrogen (secondary N) is 1. The summed E-state index contributed by atoms with van der Waals surface area (Å²) < 4.78 is 10.5. The second-order valence-electron chi connectivity index (χ2n) is 5.40. The molecule has 0 spiro atoms. The van der Waals surface area contributed by atoms with Gasteiger partial charge in [-0.05, 0) is 44.4 Å². The Hall–Kier alpha value is -2.30. The topological polar surface area (TPSA) is 60.5 Å². The van der Waals surface area contributed by atoms with Crippen LogP contribution in [0, 0.1) is 0 Å². The van der Waals surface area contributed by atoms with Crippen LogP contribution in [0.4, 0.5) is 10.5 Å². The lowest BCUT2D eigenvalue weighted by Gasteiger charge is -2.20. The molecule has 0 aliphatic rings. The van der Waals surface area contributed by atoms with Crippen LogP contribution in [-0.4, -0.2) is 23.8 Å². The predicted molar refractivity (Wildman–Crippen MR) is 78.2 cm³/mol. The van der Waals surface area contributed by atoms with Gasteiger partial charge in [-0.15, -0.1) is 0 Å². The van der Waals surface area contributed by atoms with Crippen molar-refractivity contribution in [2.45, 2.75) is 26.4 Å². The Morgan fingerprint density at radius 1 is 1.25 bits per heavy atom. The molecule has 1 N–H and O–H groups in total. The van der Waals surface area contributed by atoms with Crippen molar-refractivity contribution < 1.29 is 14.3 Å². The van der Waals surface area contributed by atoms with Crippen LogP contribution in [0.1, 0.15) is 20.8 Å². The van der Waals surface area contributed by atoms with Gasteiger partial charge < -0.3 is 9.47 Å². The minimum Gasteiger partial charge on any atom is -0.495 e. The number of ether oxygens (including phenoxy) is 2. The third-order valence-corrected chi connectivity index (χ3v) is 2.59. The fourth-order valence-electron chi connectivity index (χ4n) is 1.80. The summed E-state index contributed by atoms with van der Waals surface area (Å²) in [6, 6.07) is 5.53. The molecule has 2 aromatic rings. The number of benzene rings is 1. The lowest BCUT2D eigenvalue weighted by molar-refractivity contribution is 0.0635. The highest BCUT2D eigenvalue weighted by atomic mass is 16.6. The van der Waals surface area contributed by atoms with Gasteiger partial charge in [0, 0.05) is 17.8 Å². The number of nitrogens with zero attached hydrogens (tertiary/aromatic N) is 1. The van der Waals surface area contributed by atoms with E-state index >= 15 is 0 Å². The smallest absolute Gasteiger partial charge is 0.412 e. The van der Waals surface area contributed by atoms with Crippen LogP contribution in [-0.2, 0) is 4.74 Å². The van der Waals surface area contributed by atoms with Crippen molar-refractivity contribution in [2.24, 2.45) is 0 Å². The number of hydrogen-bond donors (Lipinski definition) is 1. The molecule has 0 saturated heterocycles. The van der Waals surface area contributed by atoms with Gasteiger partial charge in [0.15, 0.2) is 0 Å². The second-order valence-corrected chi connectivity index (χ2v) is 5.40. The number of carbonyl (C=O) groups is 1. The summed E-state index contributed by atoms with van der Waals surface area (Å²) in [7, 11) is 1.55. The summed E-state index contributed by atoms with van der Waals surface area (Å²) in [5.74, 6) is 0.566. The van der Waals surface area contributed by atoms with Gasteiger partial charge in [0.25, 0.3) is 0 Å². The van der Waals surface area contributed by atoms with Crippen LogP contribution in [0.15, 0.2) is 30.6 Å². The standard InChI is InChI=1S/C15H18N2O3/c1-15(2,3)20-14(18)17-12-7-10-5-6-16-9-11(10)8-13(12)19-4/h5-9H,1-4H3,(H,17,18). The highest BCUT2D eigenvalue weighted by molar-refractivity contribution is 5.94. The zero-order valence-electron chi connectivity index (χ0n) is 12.1. The molecule has 0 aliphatic heterocycles. The molecule has 5 heteroatoms. The van der Waals surface area contributed by atoms with Gasteiger partial charge in [-0.1, -0.05) is 0 Å². The maximum absolute atomic E-state index is 11.8. The molecule has 1 amide bonds. The van der Waals surface area contributed by atoms with E-state index in [9.17, 15) is 4.79 Å². The molecule has 0 aliphatic carbocycles. The van der Waals surface area contributed by atoms with Crippen molar-refractivity contribution in [3.8, 4) is 5.75 Å². The zero-order valence-corrected chi connectivity index (χ0v) is 12.1. The third kappa shape index (κ3) is 3.38. The molecular weight excluding hydrogens is 256 g/mol. The van der Waals surface area contributed by atoms with Crippen LogP contribution < -0.4 is 10.1 Å². The Kier molecular flexibility index (Phi) is 3.79. The Bertz CT molecular complexity index is 633. The van der Waals surface area contributed by atoms with E-state index in [0.29, 0.717) is 11.4 Å². The van der Waals surface area contributed by atoms with Crippen molar-refractivity contribution in [1.29, 1.82) is 0 Å². The van der Waals surface area contributed by atoms with Gasteiger partial charge in [0.2, 0.25) is 0 Å². The first-order valence-electron chi connectivity index (χ1n) is 6.31. The molecular formula is C15H18N2O3. The van der Waals surface area contributed by atoms with Crippen molar-refractivity contribution in [2.75, 3.05) is 12.4 Å². The second kappa shape index (κ2) is 5.36. The monoisotopic (exact) mass is 274 g/mol. The number of fused-ring (bicyclic) bond motifs is 1. The number of pyridine rings is 1. The van der Waals surface area contributed by atoms with E-state index in [4.69, 9.17) is 9.47 Å². The Labute approximate surface area is 117 Å². The largest absolute Gasteiger partial charge is 0.495 e. The van der Waals surface area contributed by atoms with Crippen molar-refractivity contribution in [3.05, 3.63) is 30.6 Å². The normalized spacial score (nSPS) is 11.2. The maximum Gasteiger partial charge on any atom is 0.412 e. The fraction of sp³-hybridized carbons (Fsp3) is 0.333. The van der Waals surface area contributed by atoms with Gasteiger partial charge in [-0.3, -0.25) is 10.3 Å². The van der Waals surface area contributed by atoms with Crippen molar-refractivity contribution >= 4 is 22.6 Å². The van der Waals surface area contributed by atoms with E-state index in [-0.39, 0.29) is 0 Å². The molecule has 0 radical (unpaired) electrons. The molecule has 5 nitrogen and oxygen atoms in total. The minimum atomic E-state index is -0.544. The summed E-state index contributed by atoms with van der Waals surface area (Å²) in [5, 5.41) is 4.61. The van der Waals surface area contributed by atoms with Crippen LogP contribution in [0.25, 0.3) is 10.8 Å². The molecule has 0 saturated carbocycles. The summed E-state index contributed by atoms with van der Waals surface area (Å²) >= 11 is 0. The van der Waals surface area contributed by atoms with E-state index in [2.05, 4.69) is 10.3 Å². The number of hydrogen-bond acceptors (Lipinski definition) is 4. The van der Waals surface area contributed by atoms with E-state index in [1.165, 1.54) is 0 Å². The minimum absolute atomic E-state index is 0.510. The van der Waals surface area contributed by atoms with Crippen LogP contribution in [0.5, 0.6) is 5.75 Å². The van der Waals surface area contributed by atoms with E-state index in [1.54, 1.807) is 19.5 Å². The van der Waals surface area contributed by atoms with Gasteiger partial charge >= 0.3 is 6.09 Å². The Balaban J connectivity index is 2.31. The van der Waals surface area contributed by atoms with E-state index in [1.807, 2.05) is 39.0 Å². The lowest BCUT2D eigenvalue weighted by atomic mass is 10.1. The lowest BCUT2D eigenvalue weighted by Crippen LogP contribution is -2.27. The first-order chi connectivity index (χ1) is 9.39. The van der Waals surface area contributed by atoms with E-state index < -0.39 is 11.7 Å². The highest BCUT2D eigenvalue weighted by Gasteiger charge is 2.17. The van der Waals surface area contributed by atoms with Crippen molar-refractivity contribution in [3.63, 3.8) is 0 Å². The van der Waals surface area contributed by atoms with Gasteiger partial charge in [0.1, 0.15) is 11.4 Å². The first-order valence-corrected chi connectivity index (χ1v) is 6.31. The average Bonchev–Trinajstić information content (AvgIpc) is 2.35. The molecule has 106 valence electrons. The molecule has 20 heavy (non-hydrogen) atoms. The van der Waals surface area contributed by atoms with E-state index in [0.717, 1.165) is 10.8 Å². The number of rotatable bonds is 2. The quantitative estimate of drug-likeness (QED) is 0.909. The summed E-state index contributed by atoms with van der Waals surface area (Å²) in [5.41, 5.74) is 0.0263. The SMILES string of the molecule is COc1cc2cnccc2cc1NC(=O)OC(C)(C)C. The van der Waals surface area contributed by atoms with Crippen LogP contribution in [0.3, 0.4) is 0 Å². The van der Waals surface area contributed by atoms with Crippen LogP contribution in [0.2, 0.25) is 0 Å². The third-order valence-electron chi connectivity index (χ3n) is 2.59. The first kappa shape index (κ1) is 14.1. The molecule has 0 bridgehead atoms. The summed E-state index contributed by atoms with van der Waals surface area (Å²) in [4.78, 5) is 15.9. The molecule has 2 rings (SSSR count).